The first-order valence-corrected chi connectivity index (χ1v) is 10.0. The van der Waals surface area contributed by atoms with Crippen LogP contribution in [0.15, 0.2) is 21.6 Å². The van der Waals surface area contributed by atoms with Gasteiger partial charge < -0.3 is 9.73 Å². The Labute approximate surface area is 131 Å². The molecule has 1 aliphatic rings. The lowest BCUT2D eigenvalue weighted by Crippen LogP contribution is -2.41. The van der Waals surface area contributed by atoms with Crippen LogP contribution in [0.5, 0.6) is 0 Å². The van der Waals surface area contributed by atoms with Gasteiger partial charge in [-0.15, -0.1) is 0 Å². The Balaban J connectivity index is 2.02. The molecule has 120 valence electrons. The van der Waals surface area contributed by atoms with Crippen molar-refractivity contribution in [3.63, 3.8) is 0 Å². The molecule has 0 radical (unpaired) electrons. The van der Waals surface area contributed by atoms with Crippen molar-refractivity contribution in [3.8, 4) is 0 Å². The van der Waals surface area contributed by atoms with Crippen LogP contribution in [0.4, 0.5) is 0 Å². The molecule has 2 N–H and O–H groups in total. The topological polar surface area (TPSA) is 71.3 Å². The highest BCUT2D eigenvalue weighted by atomic mass is 32.2. The van der Waals surface area contributed by atoms with Crippen molar-refractivity contribution in [2.24, 2.45) is 0 Å². The summed E-state index contributed by atoms with van der Waals surface area (Å²) in [6.45, 7) is 0.989. The molecule has 0 aromatic carbocycles. The van der Waals surface area contributed by atoms with E-state index in [4.69, 9.17) is 4.42 Å². The Kier molecular flexibility index (Phi) is 5.76. The average Bonchev–Trinajstić information content (AvgIpc) is 2.96. The molecule has 7 heteroatoms. The average molecular weight is 332 g/mol. The lowest BCUT2D eigenvalue weighted by Gasteiger charge is -2.35. The summed E-state index contributed by atoms with van der Waals surface area (Å²) in [6.07, 6.45) is 7.81. The highest BCUT2D eigenvalue weighted by molar-refractivity contribution is 8.00. The van der Waals surface area contributed by atoms with Gasteiger partial charge in [0.25, 0.3) is 10.0 Å². The number of furan rings is 1. The molecule has 5 nitrogen and oxygen atoms in total. The molecule has 0 aliphatic heterocycles. The quantitative estimate of drug-likeness (QED) is 0.802. The summed E-state index contributed by atoms with van der Waals surface area (Å²) in [5.74, 6) is 0.620. The molecule has 1 aliphatic carbocycles. The number of hydrogen-bond donors (Lipinski definition) is 2. The molecule has 0 amide bonds. The van der Waals surface area contributed by atoms with E-state index in [0.717, 1.165) is 12.8 Å². The SMILES string of the molecule is CNCc1ccc(S(=O)(=O)NCC2(SC)CCCCC2)o1. The molecule has 2 rings (SSSR count). The minimum Gasteiger partial charge on any atom is -0.447 e. The molecule has 1 heterocycles. The molecule has 0 spiro atoms. The van der Waals surface area contributed by atoms with E-state index in [0.29, 0.717) is 18.8 Å². The maximum absolute atomic E-state index is 12.3. The summed E-state index contributed by atoms with van der Waals surface area (Å²) in [7, 11) is -1.77. The zero-order chi connectivity index (χ0) is 15.3. The molecule has 1 aromatic heterocycles. The van der Waals surface area contributed by atoms with Crippen molar-refractivity contribution in [3.05, 3.63) is 17.9 Å². The van der Waals surface area contributed by atoms with Crippen molar-refractivity contribution in [1.82, 2.24) is 10.0 Å². The van der Waals surface area contributed by atoms with E-state index in [1.54, 1.807) is 24.9 Å². The molecule has 0 saturated heterocycles. The monoisotopic (exact) mass is 332 g/mol. The molecule has 21 heavy (non-hydrogen) atoms. The van der Waals surface area contributed by atoms with Gasteiger partial charge in [0.2, 0.25) is 5.09 Å². The molecule has 1 saturated carbocycles. The molecule has 0 bridgehead atoms. The minimum absolute atomic E-state index is 0.000174. The van der Waals surface area contributed by atoms with Crippen LogP contribution in [-0.2, 0) is 16.6 Å². The number of rotatable bonds is 7. The third-order valence-corrected chi connectivity index (χ3v) is 6.73. The zero-order valence-corrected chi connectivity index (χ0v) is 14.3. The van der Waals surface area contributed by atoms with E-state index in [9.17, 15) is 8.42 Å². The highest BCUT2D eigenvalue weighted by Gasteiger charge is 2.33. The Morgan fingerprint density at radius 1 is 1.29 bits per heavy atom. The zero-order valence-electron chi connectivity index (χ0n) is 12.6. The molecular weight excluding hydrogens is 308 g/mol. The number of hydrogen-bond acceptors (Lipinski definition) is 5. The van der Waals surface area contributed by atoms with Crippen LogP contribution in [0, 0.1) is 0 Å². The first kappa shape index (κ1) is 16.9. The first-order valence-electron chi connectivity index (χ1n) is 7.29. The predicted octanol–water partition coefficient (Wildman–Crippen LogP) is 2.34. The van der Waals surface area contributed by atoms with Crippen LogP contribution in [0.3, 0.4) is 0 Å². The van der Waals surface area contributed by atoms with Crippen LogP contribution in [0.2, 0.25) is 0 Å². The molecule has 0 atom stereocenters. The summed E-state index contributed by atoms with van der Waals surface area (Å²) in [6, 6.07) is 3.21. The van der Waals surface area contributed by atoms with Gasteiger partial charge in [-0.1, -0.05) is 19.3 Å². The second-order valence-corrected chi connectivity index (χ2v) is 8.50. The highest BCUT2D eigenvalue weighted by Crippen LogP contribution is 2.38. The molecule has 1 aromatic rings. The van der Waals surface area contributed by atoms with E-state index < -0.39 is 10.0 Å². The van der Waals surface area contributed by atoms with E-state index in [1.807, 2.05) is 0 Å². The van der Waals surface area contributed by atoms with Crippen LogP contribution < -0.4 is 10.0 Å². The summed E-state index contributed by atoms with van der Waals surface area (Å²) in [4.78, 5) is 0. The third-order valence-electron chi connectivity index (χ3n) is 4.04. The number of sulfonamides is 1. The maximum atomic E-state index is 12.3. The first-order chi connectivity index (χ1) is 10.0. The van der Waals surface area contributed by atoms with Crippen molar-refractivity contribution >= 4 is 21.8 Å². The number of nitrogens with one attached hydrogen (secondary N) is 2. The Morgan fingerprint density at radius 2 is 2.00 bits per heavy atom. The maximum Gasteiger partial charge on any atom is 0.274 e. The van der Waals surface area contributed by atoms with Crippen LogP contribution in [0.25, 0.3) is 0 Å². The standard InChI is InChI=1S/C14H24N2O3S2/c1-15-10-12-6-7-13(19-12)21(17,18)16-11-14(20-2)8-4-3-5-9-14/h6-7,15-16H,3-5,8-11H2,1-2H3. The van der Waals surface area contributed by atoms with Gasteiger partial charge in [-0.05, 0) is 38.3 Å². The van der Waals surface area contributed by atoms with Crippen molar-refractivity contribution in [2.45, 2.75) is 48.5 Å². The van der Waals surface area contributed by atoms with Crippen molar-refractivity contribution < 1.29 is 12.8 Å². The lowest BCUT2D eigenvalue weighted by atomic mass is 9.88. The van der Waals surface area contributed by atoms with Gasteiger partial charge in [-0.3, -0.25) is 0 Å². The lowest BCUT2D eigenvalue weighted by molar-refractivity contribution is 0.385. The fraction of sp³-hybridized carbons (Fsp3) is 0.714. The van der Waals surface area contributed by atoms with Gasteiger partial charge in [0.15, 0.2) is 0 Å². The predicted molar refractivity (Wildman–Crippen MR) is 86.0 cm³/mol. The smallest absolute Gasteiger partial charge is 0.274 e. The Morgan fingerprint density at radius 3 is 2.62 bits per heavy atom. The van der Waals surface area contributed by atoms with Gasteiger partial charge in [0.05, 0.1) is 6.54 Å². The summed E-state index contributed by atoms with van der Waals surface area (Å²) < 4.78 is 32.8. The fourth-order valence-corrected chi connectivity index (χ4v) is 4.80. The Bertz CT molecular complexity index is 548. The van der Waals surface area contributed by atoms with Crippen LogP contribution in [0.1, 0.15) is 37.9 Å². The largest absolute Gasteiger partial charge is 0.447 e. The minimum atomic E-state index is -3.56. The van der Waals surface area contributed by atoms with Crippen LogP contribution in [-0.4, -0.2) is 33.0 Å². The van der Waals surface area contributed by atoms with Gasteiger partial charge in [0, 0.05) is 11.3 Å². The van der Waals surface area contributed by atoms with Gasteiger partial charge in [0.1, 0.15) is 5.76 Å². The van der Waals surface area contributed by atoms with Crippen LogP contribution >= 0.6 is 11.8 Å². The van der Waals surface area contributed by atoms with E-state index in [1.165, 1.54) is 25.3 Å². The Hall–Kier alpha value is -0.500. The summed E-state index contributed by atoms with van der Waals surface area (Å²) >= 11 is 1.77. The van der Waals surface area contributed by atoms with Gasteiger partial charge >= 0.3 is 0 Å². The molecule has 0 unspecified atom stereocenters. The number of thioether (sulfide) groups is 1. The van der Waals surface area contributed by atoms with E-state index in [-0.39, 0.29) is 9.84 Å². The normalized spacial score (nSPS) is 18.8. The molecular formula is C14H24N2O3S2. The second-order valence-electron chi connectivity index (χ2n) is 5.52. The third kappa shape index (κ3) is 4.25. The summed E-state index contributed by atoms with van der Waals surface area (Å²) in [5.41, 5.74) is 0. The van der Waals surface area contributed by atoms with Gasteiger partial charge in [-0.2, -0.15) is 11.8 Å². The molecule has 1 fully saturated rings. The van der Waals surface area contributed by atoms with E-state index in [2.05, 4.69) is 16.3 Å². The summed E-state index contributed by atoms with van der Waals surface area (Å²) in [5, 5.41) is 2.94. The van der Waals surface area contributed by atoms with E-state index >= 15 is 0 Å². The fourth-order valence-electron chi connectivity index (χ4n) is 2.72. The second kappa shape index (κ2) is 7.17. The van der Waals surface area contributed by atoms with Crippen molar-refractivity contribution in [2.75, 3.05) is 19.8 Å². The van der Waals surface area contributed by atoms with Gasteiger partial charge in [-0.25, -0.2) is 13.1 Å². The van der Waals surface area contributed by atoms with Crippen molar-refractivity contribution in [1.29, 1.82) is 0 Å².